The summed E-state index contributed by atoms with van der Waals surface area (Å²) in [5.74, 6) is 0.761. The number of imidazole rings is 1. The third kappa shape index (κ3) is 2.69. The number of fused-ring (bicyclic) bond motifs is 1. The van der Waals surface area contributed by atoms with Gasteiger partial charge in [-0.2, -0.15) is 0 Å². The number of benzene rings is 1. The highest BCUT2D eigenvalue weighted by Crippen LogP contribution is 2.20. The van der Waals surface area contributed by atoms with Gasteiger partial charge < -0.3 is 10.3 Å². The molecule has 0 amide bonds. The van der Waals surface area contributed by atoms with Crippen LogP contribution in [0.3, 0.4) is 0 Å². The maximum absolute atomic E-state index is 13.3. The molecule has 0 atom stereocenters. The standard InChI is InChI=1S/C15H21FN4/c16-12-4-5-14-13(10-12)18-15(20(14)9-6-17)11-19-7-2-1-3-8-19/h4-5,10H,1-3,6-9,11,17H2. The van der Waals surface area contributed by atoms with E-state index in [0.717, 1.165) is 43.0 Å². The Kier molecular flexibility index (Phi) is 3.98. The van der Waals surface area contributed by atoms with E-state index in [1.807, 2.05) is 0 Å². The van der Waals surface area contributed by atoms with Gasteiger partial charge in [-0.3, -0.25) is 4.90 Å². The van der Waals surface area contributed by atoms with Gasteiger partial charge in [0.25, 0.3) is 0 Å². The molecule has 5 heteroatoms. The molecule has 0 aliphatic carbocycles. The lowest BCUT2D eigenvalue weighted by atomic mass is 10.1. The number of rotatable bonds is 4. The third-order valence-corrected chi connectivity index (χ3v) is 3.96. The first-order valence-corrected chi connectivity index (χ1v) is 7.35. The van der Waals surface area contributed by atoms with Crippen LogP contribution in [0.2, 0.25) is 0 Å². The Morgan fingerprint density at radius 1 is 1.20 bits per heavy atom. The Bertz CT molecular complexity index is 587. The molecule has 3 rings (SSSR count). The van der Waals surface area contributed by atoms with Crippen LogP contribution in [0.4, 0.5) is 4.39 Å². The summed E-state index contributed by atoms with van der Waals surface area (Å²) in [6.07, 6.45) is 3.83. The average Bonchev–Trinajstić information content (AvgIpc) is 2.77. The van der Waals surface area contributed by atoms with Crippen LogP contribution in [0, 0.1) is 5.82 Å². The van der Waals surface area contributed by atoms with Crippen molar-refractivity contribution < 1.29 is 4.39 Å². The number of piperidine rings is 1. The SMILES string of the molecule is NCCn1c(CN2CCCCC2)nc2cc(F)ccc21. The minimum absolute atomic E-state index is 0.237. The first-order valence-electron chi connectivity index (χ1n) is 7.35. The van der Waals surface area contributed by atoms with Crippen molar-refractivity contribution in [2.24, 2.45) is 5.73 Å². The Morgan fingerprint density at radius 2 is 2.00 bits per heavy atom. The van der Waals surface area contributed by atoms with Gasteiger partial charge in [-0.1, -0.05) is 6.42 Å². The van der Waals surface area contributed by atoms with Gasteiger partial charge in [0.1, 0.15) is 11.6 Å². The minimum Gasteiger partial charge on any atom is -0.329 e. The van der Waals surface area contributed by atoms with Gasteiger partial charge in [0, 0.05) is 19.2 Å². The molecular weight excluding hydrogens is 255 g/mol. The van der Waals surface area contributed by atoms with Gasteiger partial charge in [0.15, 0.2) is 0 Å². The van der Waals surface area contributed by atoms with Crippen LogP contribution in [-0.4, -0.2) is 34.1 Å². The third-order valence-electron chi connectivity index (χ3n) is 3.96. The maximum Gasteiger partial charge on any atom is 0.125 e. The van der Waals surface area contributed by atoms with E-state index in [-0.39, 0.29) is 5.82 Å². The second-order valence-electron chi connectivity index (χ2n) is 5.44. The van der Waals surface area contributed by atoms with E-state index in [0.29, 0.717) is 6.54 Å². The van der Waals surface area contributed by atoms with Crippen molar-refractivity contribution in [1.82, 2.24) is 14.5 Å². The predicted octanol–water partition coefficient (Wildman–Crippen LogP) is 2.12. The Hall–Kier alpha value is -1.46. The molecule has 1 aliphatic rings. The van der Waals surface area contributed by atoms with Crippen molar-refractivity contribution in [3.63, 3.8) is 0 Å². The molecule has 2 N–H and O–H groups in total. The van der Waals surface area contributed by atoms with Gasteiger partial charge in [0.2, 0.25) is 0 Å². The van der Waals surface area contributed by atoms with Crippen molar-refractivity contribution in [1.29, 1.82) is 0 Å². The van der Waals surface area contributed by atoms with Crippen LogP contribution in [0.5, 0.6) is 0 Å². The second kappa shape index (κ2) is 5.89. The van der Waals surface area contributed by atoms with E-state index in [4.69, 9.17) is 5.73 Å². The first-order chi connectivity index (χ1) is 9.78. The number of hydrogen-bond donors (Lipinski definition) is 1. The molecule has 0 spiro atoms. The lowest BCUT2D eigenvalue weighted by Gasteiger charge is -2.26. The summed E-state index contributed by atoms with van der Waals surface area (Å²) >= 11 is 0. The molecular formula is C15H21FN4. The van der Waals surface area contributed by atoms with Gasteiger partial charge in [-0.05, 0) is 38.1 Å². The molecule has 20 heavy (non-hydrogen) atoms. The summed E-state index contributed by atoms with van der Waals surface area (Å²) in [5.41, 5.74) is 7.41. The van der Waals surface area contributed by atoms with Gasteiger partial charge in [-0.15, -0.1) is 0 Å². The minimum atomic E-state index is -0.237. The molecule has 2 heterocycles. The predicted molar refractivity (Wildman–Crippen MR) is 77.9 cm³/mol. The van der Waals surface area contributed by atoms with Crippen LogP contribution in [-0.2, 0) is 13.1 Å². The number of likely N-dealkylation sites (tertiary alicyclic amines) is 1. The summed E-state index contributed by atoms with van der Waals surface area (Å²) in [6, 6.07) is 4.79. The van der Waals surface area contributed by atoms with Gasteiger partial charge >= 0.3 is 0 Å². The van der Waals surface area contributed by atoms with Crippen molar-refractivity contribution in [2.45, 2.75) is 32.4 Å². The van der Waals surface area contributed by atoms with E-state index in [9.17, 15) is 4.39 Å². The fourth-order valence-electron chi connectivity index (χ4n) is 2.97. The summed E-state index contributed by atoms with van der Waals surface area (Å²) in [5, 5.41) is 0. The molecule has 1 saturated heterocycles. The molecule has 0 unspecified atom stereocenters. The zero-order chi connectivity index (χ0) is 13.9. The highest BCUT2D eigenvalue weighted by atomic mass is 19.1. The topological polar surface area (TPSA) is 47.1 Å². The number of aromatic nitrogens is 2. The summed E-state index contributed by atoms with van der Waals surface area (Å²) < 4.78 is 15.5. The normalized spacial score (nSPS) is 16.9. The smallest absolute Gasteiger partial charge is 0.125 e. The van der Waals surface area contributed by atoms with Crippen molar-refractivity contribution in [3.05, 3.63) is 29.8 Å². The molecule has 1 aliphatic heterocycles. The molecule has 4 nitrogen and oxygen atoms in total. The number of nitrogens with two attached hydrogens (primary N) is 1. The van der Waals surface area contributed by atoms with Crippen LogP contribution in [0.1, 0.15) is 25.1 Å². The van der Waals surface area contributed by atoms with Crippen LogP contribution >= 0.6 is 0 Å². The summed E-state index contributed by atoms with van der Waals surface area (Å²) in [7, 11) is 0. The molecule has 0 bridgehead atoms. The van der Waals surface area contributed by atoms with Crippen LogP contribution in [0.15, 0.2) is 18.2 Å². The second-order valence-corrected chi connectivity index (χ2v) is 5.44. The fourth-order valence-corrected chi connectivity index (χ4v) is 2.97. The highest BCUT2D eigenvalue weighted by Gasteiger charge is 2.16. The molecule has 108 valence electrons. The quantitative estimate of drug-likeness (QED) is 0.930. The van der Waals surface area contributed by atoms with Crippen LogP contribution in [0.25, 0.3) is 11.0 Å². The van der Waals surface area contributed by atoms with E-state index >= 15 is 0 Å². The first kappa shape index (κ1) is 13.5. The zero-order valence-electron chi connectivity index (χ0n) is 11.7. The highest BCUT2D eigenvalue weighted by molar-refractivity contribution is 5.76. The van der Waals surface area contributed by atoms with Gasteiger partial charge in [-0.25, -0.2) is 9.37 Å². The lowest BCUT2D eigenvalue weighted by molar-refractivity contribution is 0.213. The lowest BCUT2D eigenvalue weighted by Crippen LogP contribution is -2.30. The van der Waals surface area contributed by atoms with Crippen molar-refractivity contribution in [2.75, 3.05) is 19.6 Å². The number of nitrogens with zero attached hydrogens (tertiary/aromatic N) is 3. The van der Waals surface area contributed by atoms with E-state index in [1.165, 1.54) is 31.4 Å². The van der Waals surface area contributed by atoms with E-state index in [2.05, 4.69) is 14.5 Å². The maximum atomic E-state index is 13.3. The van der Waals surface area contributed by atoms with Crippen molar-refractivity contribution >= 4 is 11.0 Å². The van der Waals surface area contributed by atoms with E-state index < -0.39 is 0 Å². The zero-order valence-corrected chi connectivity index (χ0v) is 11.7. The fraction of sp³-hybridized carbons (Fsp3) is 0.533. The summed E-state index contributed by atoms with van der Waals surface area (Å²) in [4.78, 5) is 7.04. The molecule has 1 aromatic heterocycles. The average molecular weight is 276 g/mol. The largest absolute Gasteiger partial charge is 0.329 e. The van der Waals surface area contributed by atoms with Crippen LogP contribution < -0.4 is 5.73 Å². The number of hydrogen-bond acceptors (Lipinski definition) is 3. The van der Waals surface area contributed by atoms with E-state index in [1.54, 1.807) is 6.07 Å². The van der Waals surface area contributed by atoms with Crippen molar-refractivity contribution in [3.8, 4) is 0 Å². The molecule has 0 radical (unpaired) electrons. The summed E-state index contributed by atoms with van der Waals surface area (Å²) in [6.45, 7) is 4.37. The Labute approximate surface area is 118 Å². The Balaban J connectivity index is 1.93. The monoisotopic (exact) mass is 276 g/mol. The molecule has 1 aromatic carbocycles. The molecule has 1 fully saturated rings. The van der Waals surface area contributed by atoms with Gasteiger partial charge in [0.05, 0.1) is 17.6 Å². The molecule has 0 saturated carbocycles. The Morgan fingerprint density at radius 3 is 2.75 bits per heavy atom. The molecule has 2 aromatic rings. The number of halogens is 1.